The van der Waals surface area contributed by atoms with Gasteiger partial charge in [0.25, 0.3) is 0 Å². The van der Waals surface area contributed by atoms with E-state index >= 15 is 0 Å². The third-order valence-electron chi connectivity index (χ3n) is 4.44. The van der Waals surface area contributed by atoms with Crippen LogP contribution in [0.15, 0.2) is 24.5 Å². The summed E-state index contributed by atoms with van der Waals surface area (Å²) in [7, 11) is 1.69. The van der Waals surface area contributed by atoms with E-state index in [4.69, 9.17) is 5.73 Å². The Bertz CT molecular complexity index is 521. The molecule has 1 heterocycles. The van der Waals surface area contributed by atoms with Gasteiger partial charge in [-0.1, -0.05) is 0 Å². The normalized spacial score (nSPS) is 24.2. The maximum atomic E-state index is 12.2. The molecule has 0 radical (unpaired) electrons. The SMILES string of the molecule is CN(C(=O)CCCc1ccncc1)[C@@H]1CC[C@@H](C(N)=O)[C@@H]1O. The second-order valence-corrected chi connectivity index (χ2v) is 5.86. The third-order valence-corrected chi connectivity index (χ3v) is 4.44. The van der Waals surface area contributed by atoms with Gasteiger partial charge in [-0.05, 0) is 43.4 Å². The summed E-state index contributed by atoms with van der Waals surface area (Å²) in [6.45, 7) is 0. The number of aliphatic hydroxyl groups is 1. The van der Waals surface area contributed by atoms with E-state index in [1.165, 1.54) is 0 Å². The smallest absolute Gasteiger partial charge is 0.223 e. The topological polar surface area (TPSA) is 96.5 Å². The predicted octanol–water partition coefficient (Wildman–Crippen LogP) is 0.487. The lowest BCUT2D eigenvalue weighted by molar-refractivity contribution is -0.135. The highest BCUT2D eigenvalue weighted by Gasteiger charge is 2.41. The highest BCUT2D eigenvalue weighted by Crippen LogP contribution is 2.29. The Morgan fingerprint density at radius 1 is 1.36 bits per heavy atom. The van der Waals surface area contributed by atoms with Gasteiger partial charge in [0.1, 0.15) is 0 Å². The Kier molecular flexibility index (Phi) is 5.49. The van der Waals surface area contributed by atoms with Crippen molar-refractivity contribution in [2.75, 3.05) is 7.05 Å². The number of carbonyl (C=O) groups is 2. The van der Waals surface area contributed by atoms with Gasteiger partial charge in [0.2, 0.25) is 11.8 Å². The van der Waals surface area contributed by atoms with E-state index in [0.29, 0.717) is 19.3 Å². The molecule has 2 rings (SSSR count). The molecule has 22 heavy (non-hydrogen) atoms. The van der Waals surface area contributed by atoms with E-state index < -0.39 is 17.9 Å². The fourth-order valence-electron chi connectivity index (χ4n) is 3.05. The third kappa shape index (κ3) is 3.82. The average Bonchev–Trinajstić information content (AvgIpc) is 2.89. The van der Waals surface area contributed by atoms with Gasteiger partial charge in [-0.15, -0.1) is 0 Å². The first kappa shape index (κ1) is 16.4. The Balaban J connectivity index is 1.81. The zero-order valence-corrected chi connectivity index (χ0v) is 12.8. The first-order valence-electron chi connectivity index (χ1n) is 7.62. The molecule has 2 amide bonds. The van der Waals surface area contributed by atoms with E-state index in [-0.39, 0.29) is 11.9 Å². The fourth-order valence-corrected chi connectivity index (χ4v) is 3.05. The van der Waals surface area contributed by atoms with Crippen LogP contribution in [-0.4, -0.2) is 46.0 Å². The summed E-state index contributed by atoms with van der Waals surface area (Å²) < 4.78 is 0. The molecule has 0 spiro atoms. The molecule has 0 bridgehead atoms. The zero-order chi connectivity index (χ0) is 16.1. The Labute approximate surface area is 130 Å². The number of likely N-dealkylation sites (N-methyl/N-ethyl adjacent to an activating group) is 1. The molecule has 1 aromatic heterocycles. The van der Waals surface area contributed by atoms with Crippen LogP contribution in [0.3, 0.4) is 0 Å². The number of carbonyl (C=O) groups excluding carboxylic acids is 2. The maximum absolute atomic E-state index is 12.2. The summed E-state index contributed by atoms with van der Waals surface area (Å²) in [6.07, 6.45) is 5.76. The van der Waals surface area contributed by atoms with Crippen molar-refractivity contribution in [1.82, 2.24) is 9.88 Å². The number of hydrogen-bond donors (Lipinski definition) is 2. The number of aliphatic hydroxyl groups excluding tert-OH is 1. The van der Waals surface area contributed by atoms with Crippen LogP contribution in [0.2, 0.25) is 0 Å². The van der Waals surface area contributed by atoms with Crippen LogP contribution >= 0.6 is 0 Å². The minimum absolute atomic E-state index is 0.0109. The van der Waals surface area contributed by atoms with Gasteiger partial charge in [-0.3, -0.25) is 14.6 Å². The molecule has 0 saturated heterocycles. The van der Waals surface area contributed by atoms with Gasteiger partial charge in [-0.25, -0.2) is 0 Å². The van der Waals surface area contributed by atoms with Crippen molar-refractivity contribution in [2.24, 2.45) is 11.7 Å². The van der Waals surface area contributed by atoms with Crippen molar-refractivity contribution in [3.05, 3.63) is 30.1 Å². The zero-order valence-electron chi connectivity index (χ0n) is 12.8. The van der Waals surface area contributed by atoms with E-state index in [1.54, 1.807) is 24.3 Å². The fraction of sp³-hybridized carbons (Fsp3) is 0.562. The van der Waals surface area contributed by atoms with E-state index in [0.717, 1.165) is 18.4 Å². The summed E-state index contributed by atoms with van der Waals surface area (Å²) in [6, 6.07) is 3.56. The monoisotopic (exact) mass is 305 g/mol. The van der Waals surface area contributed by atoms with Crippen LogP contribution in [0.25, 0.3) is 0 Å². The van der Waals surface area contributed by atoms with Crippen molar-refractivity contribution < 1.29 is 14.7 Å². The molecule has 3 atom stereocenters. The van der Waals surface area contributed by atoms with Crippen LogP contribution < -0.4 is 5.73 Å². The van der Waals surface area contributed by atoms with Gasteiger partial charge < -0.3 is 15.7 Å². The number of nitrogens with zero attached hydrogens (tertiary/aromatic N) is 2. The molecule has 1 aromatic rings. The van der Waals surface area contributed by atoms with Crippen LogP contribution in [0.1, 0.15) is 31.2 Å². The molecular formula is C16H23N3O3. The quantitative estimate of drug-likeness (QED) is 0.799. The van der Waals surface area contributed by atoms with E-state index in [9.17, 15) is 14.7 Å². The number of primary amides is 1. The standard InChI is InChI=1S/C16H23N3O3/c1-19(13-6-5-12(15(13)21)16(17)22)14(20)4-2-3-11-7-9-18-10-8-11/h7-10,12-13,15,21H,2-6H2,1H3,(H2,17,22)/t12-,13-,15+/m1/s1. The lowest BCUT2D eigenvalue weighted by Crippen LogP contribution is -2.45. The number of aromatic nitrogens is 1. The molecular weight excluding hydrogens is 282 g/mol. The molecule has 1 fully saturated rings. The molecule has 1 aliphatic carbocycles. The lowest BCUT2D eigenvalue weighted by Gasteiger charge is -2.28. The van der Waals surface area contributed by atoms with Gasteiger partial charge in [0, 0.05) is 25.9 Å². The van der Waals surface area contributed by atoms with Crippen LogP contribution in [0.5, 0.6) is 0 Å². The molecule has 6 heteroatoms. The van der Waals surface area contributed by atoms with Gasteiger partial charge in [0.05, 0.1) is 18.1 Å². The Hall–Kier alpha value is -1.95. The van der Waals surface area contributed by atoms with E-state index in [2.05, 4.69) is 4.98 Å². The maximum Gasteiger partial charge on any atom is 0.223 e. The minimum atomic E-state index is -0.855. The largest absolute Gasteiger partial charge is 0.390 e. The summed E-state index contributed by atoms with van der Waals surface area (Å²) in [5, 5.41) is 10.1. The van der Waals surface area contributed by atoms with Crippen molar-refractivity contribution in [1.29, 1.82) is 0 Å². The molecule has 6 nitrogen and oxygen atoms in total. The van der Waals surface area contributed by atoms with Crippen LogP contribution in [0, 0.1) is 5.92 Å². The second-order valence-electron chi connectivity index (χ2n) is 5.86. The summed E-state index contributed by atoms with van der Waals surface area (Å²) in [4.78, 5) is 29.0. The predicted molar refractivity (Wildman–Crippen MR) is 81.7 cm³/mol. The Morgan fingerprint density at radius 2 is 2.05 bits per heavy atom. The first-order valence-corrected chi connectivity index (χ1v) is 7.62. The molecule has 0 aromatic carbocycles. The average molecular weight is 305 g/mol. The van der Waals surface area contributed by atoms with Crippen molar-refractivity contribution in [3.8, 4) is 0 Å². The Morgan fingerprint density at radius 3 is 2.64 bits per heavy atom. The summed E-state index contributed by atoms with van der Waals surface area (Å²) in [5.41, 5.74) is 6.42. The molecule has 1 aliphatic rings. The van der Waals surface area contributed by atoms with Crippen LogP contribution in [0.4, 0.5) is 0 Å². The minimum Gasteiger partial charge on any atom is -0.390 e. The summed E-state index contributed by atoms with van der Waals surface area (Å²) >= 11 is 0. The lowest BCUT2D eigenvalue weighted by atomic mass is 10.0. The van der Waals surface area contributed by atoms with Crippen molar-refractivity contribution in [2.45, 2.75) is 44.2 Å². The van der Waals surface area contributed by atoms with Gasteiger partial charge >= 0.3 is 0 Å². The number of aryl methyl sites for hydroxylation is 1. The highest BCUT2D eigenvalue weighted by atomic mass is 16.3. The highest BCUT2D eigenvalue weighted by molar-refractivity contribution is 5.79. The van der Waals surface area contributed by atoms with Crippen molar-refractivity contribution >= 4 is 11.8 Å². The van der Waals surface area contributed by atoms with E-state index in [1.807, 2.05) is 12.1 Å². The second kappa shape index (κ2) is 7.35. The molecule has 0 unspecified atom stereocenters. The van der Waals surface area contributed by atoms with Gasteiger partial charge in [0.15, 0.2) is 0 Å². The number of nitrogens with two attached hydrogens (primary N) is 1. The first-order chi connectivity index (χ1) is 10.5. The number of pyridine rings is 1. The number of amides is 2. The number of hydrogen-bond acceptors (Lipinski definition) is 4. The number of rotatable bonds is 6. The molecule has 0 aliphatic heterocycles. The van der Waals surface area contributed by atoms with Gasteiger partial charge in [-0.2, -0.15) is 0 Å². The van der Waals surface area contributed by atoms with Crippen molar-refractivity contribution in [3.63, 3.8) is 0 Å². The molecule has 1 saturated carbocycles. The molecule has 120 valence electrons. The summed E-state index contributed by atoms with van der Waals surface area (Å²) in [5.74, 6) is -1.05. The van der Waals surface area contributed by atoms with Crippen LogP contribution in [-0.2, 0) is 16.0 Å². The molecule has 3 N–H and O–H groups in total.